The molecule has 0 amide bonds. The molecule has 0 aromatic carbocycles. The Balaban J connectivity index is 0.000000810. The van der Waals surface area contributed by atoms with E-state index in [1.54, 1.807) is 0 Å². The summed E-state index contributed by atoms with van der Waals surface area (Å²) in [5.41, 5.74) is 0.376. The predicted octanol–water partition coefficient (Wildman–Crippen LogP) is 0.117. The van der Waals surface area contributed by atoms with Crippen LogP contribution in [0.2, 0.25) is 0 Å². The summed E-state index contributed by atoms with van der Waals surface area (Å²) in [6.45, 7) is 0.482. The molecule has 0 aliphatic carbocycles. The molecule has 0 radical (unpaired) electrons. The summed E-state index contributed by atoms with van der Waals surface area (Å²) in [5.74, 6) is -0.385. The van der Waals surface area contributed by atoms with E-state index in [4.69, 9.17) is 5.11 Å². The molecule has 0 saturated carbocycles. The minimum atomic E-state index is -0.385. The molecule has 0 atom stereocenters. The van der Waals surface area contributed by atoms with Gasteiger partial charge in [0.2, 0.25) is 0 Å². The Hall–Kier alpha value is 0.0100. The van der Waals surface area contributed by atoms with Crippen LogP contribution >= 0.6 is 0 Å². The summed E-state index contributed by atoms with van der Waals surface area (Å²) in [5, 5.41) is 8.40. The molecule has 52 valence electrons. The molecule has 1 N–H and O–H groups in total. The van der Waals surface area contributed by atoms with E-state index in [0.29, 0.717) is 18.6 Å². The van der Waals surface area contributed by atoms with Crippen LogP contribution in [0.1, 0.15) is 12.8 Å². The Morgan fingerprint density at radius 3 is 2.70 bits per heavy atom. The van der Waals surface area contributed by atoms with Gasteiger partial charge in [-0.3, -0.25) is 0 Å². The Labute approximate surface area is 81.4 Å². The topological polar surface area (TPSA) is 46.5 Å². The first-order valence-electron chi connectivity index (χ1n) is 2.85. The van der Waals surface area contributed by atoms with Crippen molar-refractivity contribution in [3.05, 3.63) is 11.8 Å². The second-order valence-corrected chi connectivity index (χ2v) is 1.89. The van der Waals surface area contributed by atoms with Gasteiger partial charge < -0.3 is 9.84 Å². The van der Waals surface area contributed by atoms with Crippen LogP contribution in [0.4, 0.5) is 0 Å². The van der Waals surface area contributed by atoms with Gasteiger partial charge >= 0.3 is 35.5 Å². The second kappa shape index (κ2) is 4.77. The molecule has 1 saturated heterocycles. The average molecular weight is 152 g/mol. The molecular weight excluding hydrogens is 143 g/mol. The molecule has 1 aliphatic heterocycles. The number of cyclic esters (lactones) is 1. The van der Waals surface area contributed by atoms with Crippen molar-refractivity contribution in [2.75, 3.05) is 6.61 Å². The first-order valence-corrected chi connectivity index (χ1v) is 2.85. The molecule has 0 unspecified atom stereocenters. The zero-order valence-corrected chi connectivity index (χ0v) is 4.96. The third-order valence-corrected chi connectivity index (χ3v) is 1.24. The fraction of sp³-hybridized carbons (Fsp3) is 0.500. The van der Waals surface area contributed by atoms with Crippen LogP contribution < -0.4 is 0 Å². The van der Waals surface area contributed by atoms with Gasteiger partial charge in [0.15, 0.2) is 0 Å². The van der Waals surface area contributed by atoms with E-state index in [2.05, 4.69) is 4.74 Å². The fourth-order valence-corrected chi connectivity index (χ4v) is 0.739. The van der Waals surface area contributed by atoms with Crippen LogP contribution in [0, 0.1) is 0 Å². The third kappa shape index (κ3) is 2.33. The summed E-state index contributed by atoms with van der Waals surface area (Å²) < 4.78 is 4.61. The quantitative estimate of drug-likeness (QED) is 0.232. The summed E-state index contributed by atoms with van der Waals surface area (Å²) in [7, 11) is 0. The van der Waals surface area contributed by atoms with Crippen LogP contribution in [0.3, 0.4) is 0 Å². The van der Waals surface area contributed by atoms with E-state index in [9.17, 15) is 4.79 Å². The van der Waals surface area contributed by atoms with Crippen LogP contribution in [0.5, 0.6) is 0 Å². The molecular formula is C6H9NaO3. The molecule has 0 spiro atoms. The summed E-state index contributed by atoms with van der Waals surface area (Å²) in [6.07, 6.45) is 2.27. The molecule has 1 heterocycles. The molecule has 1 rings (SSSR count). The predicted molar refractivity (Wildman–Crippen MR) is 38.1 cm³/mol. The second-order valence-electron chi connectivity index (χ2n) is 1.89. The van der Waals surface area contributed by atoms with Gasteiger partial charge in [-0.05, 0) is 12.8 Å². The van der Waals surface area contributed by atoms with Gasteiger partial charge in [-0.15, -0.1) is 0 Å². The SMILES string of the molecule is O=C1OCCC/C1=C\O.[NaH]. The molecule has 0 bridgehead atoms. The number of esters is 1. The fourth-order valence-electron chi connectivity index (χ4n) is 0.739. The van der Waals surface area contributed by atoms with Crippen molar-refractivity contribution in [2.24, 2.45) is 0 Å². The van der Waals surface area contributed by atoms with Crippen molar-refractivity contribution >= 4 is 35.5 Å². The Morgan fingerprint density at radius 2 is 2.30 bits per heavy atom. The van der Waals surface area contributed by atoms with Crippen LogP contribution in [-0.2, 0) is 9.53 Å². The molecule has 3 nitrogen and oxygen atoms in total. The summed E-state index contributed by atoms with van der Waals surface area (Å²) in [4.78, 5) is 10.6. The maximum absolute atomic E-state index is 10.6. The number of rotatable bonds is 0. The molecule has 0 aromatic heterocycles. The van der Waals surface area contributed by atoms with Gasteiger partial charge in [-0.2, -0.15) is 0 Å². The van der Waals surface area contributed by atoms with Crippen LogP contribution in [-0.4, -0.2) is 47.2 Å². The zero-order chi connectivity index (χ0) is 6.69. The first kappa shape index (κ1) is 10.0. The van der Waals surface area contributed by atoms with E-state index in [-0.39, 0.29) is 35.5 Å². The number of hydrogen-bond donors (Lipinski definition) is 1. The number of aliphatic hydroxyl groups excluding tert-OH is 1. The van der Waals surface area contributed by atoms with E-state index in [1.165, 1.54) is 0 Å². The number of ether oxygens (including phenoxy) is 1. The van der Waals surface area contributed by atoms with Gasteiger partial charge in [-0.25, -0.2) is 4.79 Å². The third-order valence-electron chi connectivity index (χ3n) is 1.24. The summed E-state index contributed by atoms with van der Waals surface area (Å²) in [6, 6.07) is 0. The standard InChI is InChI=1S/C6H8O3.Na.H/c7-4-5-2-1-3-9-6(5)8;;/h4,7H,1-3H2;;/b5-4+;;. The summed E-state index contributed by atoms with van der Waals surface area (Å²) >= 11 is 0. The van der Waals surface area contributed by atoms with Crippen molar-refractivity contribution in [3.63, 3.8) is 0 Å². The number of carbonyl (C=O) groups is 1. The van der Waals surface area contributed by atoms with Crippen molar-refractivity contribution in [3.8, 4) is 0 Å². The van der Waals surface area contributed by atoms with Gasteiger partial charge in [0, 0.05) is 0 Å². The normalized spacial score (nSPS) is 21.6. The van der Waals surface area contributed by atoms with E-state index >= 15 is 0 Å². The van der Waals surface area contributed by atoms with Crippen LogP contribution in [0.15, 0.2) is 11.8 Å². The van der Waals surface area contributed by atoms with Crippen molar-refractivity contribution in [1.82, 2.24) is 0 Å². The zero-order valence-electron chi connectivity index (χ0n) is 4.96. The van der Waals surface area contributed by atoms with Gasteiger partial charge in [0.05, 0.1) is 18.4 Å². The van der Waals surface area contributed by atoms with Gasteiger partial charge in [0.25, 0.3) is 0 Å². The van der Waals surface area contributed by atoms with E-state index < -0.39 is 0 Å². The maximum atomic E-state index is 10.6. The Kier molecular flexibility index (Phi) is 4.77. The number of carbonyl (C=O) groups excluding carboxylic acids is 1. The van der Waals surface area contributed by atoms with Gasteiger partial charge in [0.1, 0.15) is 0 Å². The first-order chi connectivity index (χ1) is 4.34. The molecule has 0 aromatic rings. The van der Waals surface area contributed by atoms with E-state index in [1.807, 2.05) is 0 Å². The molecule has 1 fully saturated rings. The Morgan fingerprint density at radius 1 is 1.60 bits per heavy atom. The van der Waals surface area contributed by atoms with Crippen LogP contribution in [0.25, 0.3) is 0 Å². The van der Waals surface area contributed by atoms with Crippen molar-refractivity contribution in [1.29, 1.82) is 0 Å². The van der Waals surface area contributed by atoms with E-state index in [0.717, 1.165) is 12.7 Å². The minimum absolute atomic E-state index is 0. The Bertz CT molecular complexity index is 153. The molecule has 4 heteroatoms. The molecule has 1 aliphatic rings. The van der Waals surface area contributed by atoms with Crippen molar-refractivity contribution < 1.29 is 14.6 Å². The van der Waals surface area contributed by atoms with Crippen molar-refractivity contribution in [2.45, 2.75) is 12.8 Å². The monoisotopic (exact) mass is 152 g/mol. The number of aliphatic hydroxyl groups is 1. The van der Waals surface area contributed by atoms with Gasteiger partial charge in [-0.1, -0.05) is 0 Å². The average Bonchev–Trinajstić information content (AvgIpc) is 1.89. The number of hydrogen-bond acceptors (Lipinski definition) is 3. The molecule has 10 heavy (non-hydrogen) atoms.